The number of nitrogens with two attached hydrogens (primary N) is 1. The van der Waals surface area contributed by atoms with Crippen LogP contribution in [0.1, 0.15) is 30.0 Å². The Bertz CT molecular complexity index is 440. The van der Waals surface area contributed by atoms with Gasteiger partial charge >= 0.3 is 0 Å². The van der Waals surface area contributed by atoms with E-state index in [0.717, 1.165) is 11.3 Å². The third-order valence-electron chi connectivity index (χ3n) is 3.47. The normalized spacial score (nSPS) is 12.3. The van der Waals surface area contributed by atoms with Gasteiger partial charge in [0.05, 0.1) is 0 Å². The van der Waals surface area contributed by atoms with E-state index >= 15 is 0 Å². The van der Waals surface area contributed by atoms with Crippen LogP contribution >= 0.6 is 0 Å². The van der Waals surface area contributed by atoms with Crippen molar-refractivity contribution in [2.24, 2.45) is 11.7 Å². The molecule has 0 fully saturated rings. The summed E-state index contributed by atoms with van der Waals surface area (Å²) in [5, 5.41) is 0. The van der Waals surface area contributed by atoms with Gasteiger partial charge in [0.15, 0.2) is 0 Å². The fourth-order valence-electron chi connectivity index (χ4n) is 1.96. The van der Waals surface area contributed by atoms with E-state index in [1.807, 2.05) is 20.9 Å². The first kappa shape index (κ1) is 14.7. The zero-order valence-electron chi connectivity index (χ0n) is 12.1. The van der Waals surface area contributed by atoms with E-state index < -0.39 is 0 Å². The van der Waals surface area contributed by atoms with E-state index in [-0.39, 0.29) is 11.8 Å². The monoisotopic (exact) mass is 248 g/mol. The predicted molar refractivity (Wildman–Crippen MR) is 76.9 cm³/mol. The highest BCUT2D eigenvalue weighted by Crippen LogP contribution is 2.24. The van der Waals surface area contributed by atoms with Crippen LogP contribution in [0.3, 0.4) is 0 Å². The van der Waals surface area contributed by atoms with Gasteiger partial charge in [-0.3, -0.25) is 4.79 Å². The smallest absolute Gasteiger partial charge is 0.227 e. The Morgan fingerprint density at radius 1 is 1.22 bits per heavy atom. The highest BCUT2D eigenvalue weighted by atomic mass is 16.2. The molecule has 0 heterocycles. The molecule has 1 amide bonds. The Morgan fingerprint density at radius 2 is 1.78 bits per heavy atom. The Balaban J connectivity index is 2.93. The summed E-state index contributed by atoms with van der Waals surface area (Å²) in [7, 11) is 1.84. The first-order chi connectivity index (χ1) is 8.36. The molecule has 3 nitrogen and oxygen atoms in total. The van der Waals surface area contributed by atoms with Crippen LogP contribution in [0.15, 0.2) is 12.1 Å². The largest absolute Gasteiger partial charge is 0.330 e. The molecule has 1 atom stereocenters. The van der Waals surface area contributed by atoms with E-state index in [9.17, 15) is 4.79 Å². The van der Waals surface area contributed by atoms with Crippen LogP contribution in [0.2, 0.25) is 0 Å². The van der Waals surface area contributed by atoms with Gasteiger partial charge in [0.25, 0.3) is 0 Å². The van der Waals surface area contributed by atoms with Crippen molar-refractivity contribution in [1.82, 2.24) is 0 Å². The van der Waals surface area contributed by atoms with Gasteiger partial charge in [-0.25, -0.2) is 0 Å². The van der Waals surface area contributed by atoms with E-state index in [1.165, 1.54) is 11.1 Å². The minimum atomic E-state index is 0.124. The average molecular weight is 248 g/mol. The summed E-state index contributed by atoms with van der Waals surface area (Å²) in [6.07, 6.45) is 0.499. The van der Waals surface area contributed by atoms with Crippen molar-refractivity contribution in [1.29, 1.82) is 0 Å². The Labute approximate surface area is 110 Å². The lowest BCUT2D eigenvalue weighted by Gasteiger charge is -2.22. The quantitative estimate of drug-likeness (QED) is 0.890. The van der Waals surface area contributed by atoms with Gasteiger partial charge in [-0.2, -0.15) is 0 Å². The zero-order chi connectivity index (χ0) is 13.9. The molecule has 0 spiro atoms. The van der Waals surface area contributed by atoms with Crippen LogP contribution in [0.5, 0.6) is 0 Å². The van der Waals surface area contributed by atoms with Gasteiger partial charge < -0.3 is 10.6 Å². The summed E-state index contributed by atoms with van der Waals surface area (Å²) < 4.78 is 0. The van der Waals surface area contributed by atoms with Crippen LogP contribution < -0.4 is 10.6 Å². The maximum atomic E-state index is 12.1. The van der Waals surface area contributed by atoms with Gasteiger partial charge in [0, 0.05) is 19.2 Å². The molecule has 0 bridgehead atoms. The number of hydrogen-bond acceptors (Lipinski definition) is 2. The van der Waals surface area contributed by atoms with Gasteiger partial charge in [-0.1, -0.05) is 13.0 Å². The fraction of sp³-hybridized carbons (Fsp3) is 0.533. The summed E-state index contributed by atoms with van der Waals surface area (Å²) in [6.45, 7) is 8.74. The van der Waals surface area contributed by atoms with Crippen LogP contribution in [0, 0.1) is 26.7 Å². The Hall–Kier alpha value is -1.35. The van der Waals surface area contributed by atoms with E-state index in [0.29, 0.717) is 13.0 Å². The molecule has 0 aliphatic rings. The molecule has 2 N–H and O–H groups in total. The topological polar surface area (TPSA) is 46.3 Å². The number of aryl methyl sites for hydroxylation is 3. The zero-order valence-corrected chi connectivity index (χ0v) is 12.1. The standard InChI is InChI=1S/C15H24N2O/c1-10(9-16)6-15(18)17(5)14-8-12(3)11(2)7-13(14)4/h7-8,10H,6,9,16H2,1-5H3. The molecule has 3 heteroatoms. The van der Waals surface area contributed by atoms with E-state index in [1.54, 1.807) is 4.90 Å². The molecule has 1 aromatic carbocycles. The molecular formula is C15H24N2O. The molecular weight excluding hydrogens is 224 g/mol. The minimum absolute atomic E-state index is 0.124. The SMILES string of the molecule is Cc1cc(C)c(N(C)C(=O)CC(C)CN)cc1C. The maximum Gasteiger partial charge on any atom is 0.227 e. The molecule has 0 aromatic heterocycles. The van der Waals surface area contributed by atoms with Crippen molar-refractivity contribution in [3.63, 3.8) is 0 Å². The summed E-state index contributed by atoms with van der Waals surface area (Å²) >= 11 is 0. The molecule has 0 saturated heterocycles. The summed E-state index contributed by atoms with van der Waals surface area (Å²) in [5.74, 6) is 0.353. The lowest BCUT2D eigenvalue weighted by molar-refractivity contribution is -0.119. The Kier molecular flexibility index (Phi) is 4.91. The summed E-state index contributed by atoms with van der Waals surface area (Å²) in [4.78, 5) is 13.9. The molecule has 1 aromatic rings. The lowest BCUT2D eigenvalue weighted by atomic mass is 10.0. The molecule has 0 radical (unpaired) electrons. The molecule has 100 valence electrons. The van der Waals surface area contributed by atoms with Crippen molar-refractivity contribution >= 4 is 11.6 Å². The summed E-state index contributed by atoms with van der Waals surface area (Å²) in [6, 6.07) is 4.20. The van der Waals surface area contributed by atoms with Gasteiger partial charge in [0.1, 0.15) is 0 Å². The first-order valence-electron chi connectivity index (χ1n) is 6.41. The molecule has 0 aliphatic heterocycles. The number of anilines is 1. The second kappa shape index (κ2) is 6.01. The fourth-order valence-corrected chi connectivity index (χ4v) is 1.96. The van der Waals surface area contributed by atoms with Crippen molar-refractivity contribution in [3.8, 4) is 0 Å². The second-order valence-electron chi connectivity index (χ2n) is 5.22. The lowest BCUT2D eigenvalue weighted by Crippen LogP contribution is -2.30. The van der Waals surface area contributed by atoms with Crippen LogP contribution in [-0.2, 0) is 4.79 Å². The highest BCUT2D eigenvalue weighted by Gasteiger charge is 2.16. The number of carbonyl (C=O) groups is 1. The van der Waals surface area contributed by atoms with Crippen LogP contribution in [0.4, 0.5) is 5.69 Å². The number of rotatable bonds is 4. The molecule has 0 aliphatic carbocycles. The van der Waals surface area contributed by atoms with Gasteiger partial charge in [0.2, 0.25) is 5.91 Å². The third-order valence-corrected chi connectivity index (χ3v) is 3.47. The number of hydrogen-bond donors (Lipinski definition) is 1. The number of amides is 1. The van der Waals surface area contributed by atoms with Gasteiger partial charge in [-0.05, 0) is 56.0 Å². The summed E-state index contributed by atoms with van der Waals surface area (Å²) in [5.41, 5.74) is 10.2. The van der Waals surface area contributed by atoms with Crippen LogP contribution in [-0.4, -0.2) is 19.5 Å². The Morgan fingerprint density at radius 3 is 2.33 bits per heavy atom. The third kappa shape index (κ3) is 3.33. The minimum Gasteiger partial charge on any atom is -0.330 e. The van der Waals surface area contributed by atoms with Crippen molar-refractivity contribution in [3.05, 3.63) is 28.8 Å². The van der Waals surface area contributed by atoms with Crippen molar-refractivity contribution in [2.45, 2.75) is 34.1 Å². The molecule has 0 saturated carbocycles. The predicted octanol–water partition coefficient (Wildman–Crippen LogP) is 2.56. The van der Waals surface area contributed by atoms with Crippen molar-refractivity contribution in [2.75, 3.05) is 18.5 Å². The highest BCUT2D eigenvalue weighted by molar-refractivity contribution is 5.93. The molecule has 1 unspecified atom stereocenters. The average Bonchev–Trinajstić information content (AvgIpc) is 2.32. The number of nitrogens with zero attached hydrogens (tertiary/aromatic N) is 1. The van der Waals surface area contributed by atoms with E-state index in [2.05, 4.69) is 26.0 Å². The number of carbonyl (C=O) groups excluding carboxylic acids is 1. The number of benzene rings is 1. The molecule has 1 rings (SSSR count). The molecule has 18 heavy (non-hydrogen) atoms. The van der Waals surface area contributed by atoms with Crippen LogP contribution in [0.25, 0.3) is 0 Å². The van der Waals surface area contributed by atoms with E-state index in [4.69, 9.17) is 5.73 Å². The maximum absolute atomic E-state index is 12.1. The van der Waals surface area contributed by atoms with Crippen molar-refractivity contribution < 1.29 is 4.79 Å². The van der Waals surface area contributed by atoms with Gasteiger partial charge in [-0.15, -0.1) is 0 Å². The second-order valence-corrected chi connectivity index (χ2v) is 5.22. The first-order valence-corrected chi connectivity index (χ1v) is 6.41.